The number of carbonyl (C=O) groups excluding carboxylic acids is 2. The normalized spacial score (nSPS) is 14.9. The average molecular weight is 357 g/mol. The fraction of sp³-hybridized carbons (Fsp3) is 0.421. The summed E-state index contributed by atoms with van der Waals surface area (Å²) in [6.45, 7) is 7.86. The molecule has 0 aliphatic carbocycles. The van der Waals surface area contributed by atoms with Crippen molar-refractivity contribution in [2.45, 2.75) is 33.7 Å². The van der Waals surface area contributed by atoms with Crippen LogP contribution in [0.2, 0.25) is 0 Å². The summed E-state index contributed by atoms with van der Waals surface area (Å²) in [7, 11) is 0. The van der Waals surface area contributed by atoms with Crippen molar-refractivity contribution < 1.29 is 9.59 Å². The molecular formula is C19H23N3O2S. The molecular weight excluding hydrogens is 334 g/mol. The van der Waals surface area contributed by atoms with Crippen molar-refractivity contribution in [3.8, 4) is 0 Å². The molecule has 1 aliphatic heterocycles. The van der Waals surface area contributed by atoms with Gasteiger partial charge in [-0.05, 0) is 26.3 Å². The first-order chi connectivity index (χ1) is 11.9. The van der Waals surface area contributed by atoms with Crippen LogP contribution >= 0.6 is 11.3 Å². The first-order valence-electron chi connectivity index (χ1n) is 8.46. The second kappa shape index (κ2) is 7.35. The van der Waals surface area contributed by atoms with Gasteiger partial charge in [0.25, 0.3) is 0 Å². The zero-order chi connectivity index (χ0) is 18.0. The van der Waals surface area contributed by atoms with Gasteiger partial charge in [-0.25, -0.2) is 4.98 Å². The highest BCUT2D eigenvalue weighted by molar-refractivity contribution is 7.11. The van der Waals surface area contributed by atoms with Gasteiger partial charge in [0.15, 0.2) is 0 Å². The summed E-state index contributed by atoms with van der Waals surface area (Å²) in [5.74, 6) is 0.0208. The van der Waals surface area contributed by atoms with Crippen LogP contribution in [0.3, 0.4) is 0 Å². The molecule has 0 radical (unpaired) electrons. The van der Waals surface area contributed by atoms with Gasteiger partial charge in [0, 0.05) is 24.5 Å². The van der Waals surface area contributed by atoms with Crippen LogP contribution in [0.5, 0.6) is 0 Å². The topological polar surface area (TPSA) is 53.5 Å². The van der Waals surface area contributed by atoms with Crippen molar-refractivity contribution in [1.82, 2.24) is 14.8 Å². The van der Waals surface area contributed by atoms with E-state index in [4.69, 9.17) is 0 Å². The van der Waals surface area contributed by atoms with E-state index in [1.54, 1.807) is 16.2 Å². The molecule has 1 aliphatic rings. The lowest BCUT2D eigenvalue weighted by Crippen LogP contribution is -2.52. The van der Waals surface area contributed by atoms with Crippen molar-refractivity contribution in [3.05, 3.63) is 51.0 Å². The second-order valence-electron chi connectivity index (χ2n) is 6.53. The molecule has 3 rings (SSSR count). The Morgan fingerprint density at radius 2 is 1.88 bits per heavy atom. The Morgan fingerprint density at radius 3 is 2.48 bits per heavy atom. The van der Waals surface area contributed by atoms with E-state index in [9.17, 15) is 9.59 Å². The maximum absolute atomic E-state index is 12.5. The third kappa shape index (κ3) is 4.25. The number of piperazine rings is 1. The monoisotopic (exact) mass is 357 g/mol. The van der Waals surface area contributed by atoms with E-state index >= 15 is 0 Å². The SMILES string of the molecule is Cc1ccc(CN2CCN(C(=O)Cc3sc(C)nc3C)CC2=O)cc1. The molecule has 2 amide bonds. The van der Waals surface area contributed by atoms with E-state index in [2.05, 4.69) is 29.2 Å². The third-order valence-corrected chi connectivity index (χ3v) is 5.55. The van der Waals surface area contributed by atoms with E-state index in [0.717, 1.165) is 21.1 Å². The van der Waals surface area contributed by atoms with Gasteiger partial charge in [0.1, 0.15) is 0 Å². The van der Waals surface area contributed by atoms with Gasteiger partial charge in [0.2, 0.25) is 11.8 Å². The Labute approximate surface area is 152 Å². The summed E-state index contributed by atoms with van der Waals surface area (Å²) in [5.41, 5.74) is 3.24. The molecule has 0 saturated carbocycles. The molecule has 0 atom stereocenters. The molecule has 1 aromatic heterocycles. The number of amides is 2. The molecule has 0 N–H and O–H groups in total. The number of hydrogen-bond acceptors (Lipinski definition) is 4. The number of thiazole rings is 1. The number of hydrogen-bond donors (Lipinski definition) is 0. The Morgan fingerprint density at radius 1 is 1.16 bits per heavy atom. The Balaban J connectivity index is 1.57. The zero-order valence-electron chi connectivity index (χ0n) is 14.9. The van der Waals surface area contributed by atoms with Crippen molar-refractivity contribution >= 4 is 23.2 Å². The van der Waals surface area contributed by atoms with Gasteiger partial charge in [-0.2, -0.15) is 0 Å². The van der Waals surface area contributed by atoms with Gasteiger partial charge >= 0.3 is 0 Å². The van der Waals surface area contributed by atoms with Crippen molar-refractivity contribution in [2.24, 2.45) is 0 Å². The number of aryl methyl sites for hydroxylation is 3. The summed E-state index contributed by atoms with van der Waals surface area (Å²) < 4.78 is 0. The van der Waals surface area contributed by atoms with Crippen LogP contribution < -0.4 is 0 Å². The van der Waals surface area contributed by atoms with E-state index in [1.165, 1.54) is 5.56 Å². The van der Waals surface area contributed by atoms with Gasteiger partial charge in [0.05, 0.1) is 23.7 Å². The first kappa shape index (κ1) is 17.6. The van der Waals surface area contributed by atoms with Crippen LogP contribution in [-0.4, -0.2) is 46.2 Å². The average Bonchev–Trinajstić information content (AvgIpc) is 2.88. The van der Waals surface area contributed by atoms with Crippen molar-refractivity contribution in [3.63, 3.8) is 0 Å². The summed E-state index contributed by atoms with van der Waals surface area (Å²) in [6.07, 6.45) is 0.336. The highest BCUT2D eigenvalue weighted by atomic mass is 32.1. The molecule has 1 fully saturated rings. The Hall–Kier alpha value is -2.21. The van der Waals surface area contributed by atoms with E-state index in [0.29, 0.717) is 26.1 Å². The molecule has 2 aromatic rings. The molecule has 2 heterocycles. The Kier molecular flexibility index (Phi) is 5.18. The lowest BCUT2D eigenvalue weighted by Gasteiger charge is -2.34. The minimum atomic E-state index is 0.00934. The minimum Gasteiger partial charge on any atom is -0.335 e. The lowest BCUT2D eigenvalue weighted by molar-refractivity contribution is -0.145. The highest BCUT2D eigenvalue weighted by Gasteiger charge is 2.27. The molecule has 0 unspecified atom stereocenters. The third-order valence-electron chi connectivity index (χ3n) is 4.48. The standard InChI is InChI=1S/C19H23N3O2S/c1-13-4-6-16(7-5-13)11-21-8-9-22(12-19(21)24)18(23)10-17-14(2)20-15(3)25-17/h4-7H,8-12H2,1-3H3. The maximum Gasteiger partial charge on any atom is 0.242 e. The summed E-state index contributed by atoms with van der Waals surface area (Å²) >= 11 is 1.56. The Bertz CT molecular complexity index is 782. The predicted octanol–water partition coefficient (Wildman–Crippen LogP) is 2.48. The lowest BCUT2D eigenvalue weighted by atomic mass is 10.1. The van der Waals surface area contributed by atoms with Crippen LogP contribution in [0.25, 0.3) is 0 Å². The molecule has 25 heavy (non-hydrogen) atoms. The van der Waals surface area contributed by atoms with E-state index in [1.807, 2.05) is 25.7 Å². The zero-order valence-corrected chi connectivity index (χ0v) is 15.7. The highest BCUT2D eigenvalue weighted by Crippen LogP contribution is 2.19. The number of carbonyl (C=O) groups is 2. The van der Waals surface area contributed by atoms with Gasteiger partial charge in [-0.3, -0.25) is 9.59 Å². The minimum absolute atomic E-state index is 0.00934. The summed E-state index contributed by atoms with van der Waals surface area (Å²) in [5, 5.41) is 0.972. The van der Waals surface area contributed by atoms with Crippen LogP contribution in [0.15, 0.2) is 24.3 Å². The summed E-state index contributed by atoms with van der Waals surface area (Å²) in [6, 6.07) is 8.21. The predicted molar refractivity (Wildman–Crippen MR) is 98.5 cm³/mol. The molecule has 6 heteroatoms. The number of aromatic nitrogens is 1. The van der Waals surface area contributed by atoms with Gasteiger partial charge in [-0.15, -0.1) is 11.3 Å². The smallest absolute Gasteiger partial charge is 0.242 e. The fourth-order valence-corrected chi connectivity index (χ4v) is 3.92. The van der Waals surface area contributed by atoms with Crippen molar-refractivity contribution in [2.75, 3.05) is 19.6 Å². The molecule has 5 nitrogen and oxygen atoms in total. The second-order valence-corrected chi connectivity index (χ2v) is 7.82. The van der Waals surface area contributed by atoms with Crippen molar-refractivity contribution in [1.29, 1.82) is 0 Å². The van der Waals surface area contributed by atoms with E-state index in [-0.39, 0.29) is 18.4 Å². The largest absolute Gasteiger partial charge is 0.335 e. The molecule has 0 spiro atoms. The van der Waals surface area contributed by atoms with E-state index < -0.39 is 0 Å². The number of rotatable bonds is 4. The van der Waals surface area contributed by atoms with Gasteiger partial charge in [-0.1, -0.05) is 29.8 Å². The molecule has 1 saturated heterocycles. The number of benzene rings is 1. The molecule has 0 bridgehead atoms. The molecule has 1 aromatic carbocycles. The van der Waals surface area contributed by atoms with Crippen LogP contribution in [-0.2, 0) is 22.6 Å². The molecule has 132 valence electrons. The van der Waals surface area contributed by atoms with Crippen LogP contribution in [0, 0.1) is 20.8 Å². The quantitative estimate of drug-likeness (QED) is 0.845. The maximum atomic E-state index is 12.5. The van der Waals surface area contributed by atoms with Gasteiger partial charge < -0.3 is 9.80 Å². The fourth-order valence-electron chi connectivity index (χ4n) is 2.99. The number of nitrogens with zero attached hydrogens (tertiary/aromatic N) is 3. The first-order valence-corrected chi connectivity index (χ1v) is 9.28. The van der Waals surface area contributed by atoms with Crippen LogP contribution in [0.4, 0.5) is 0 Å². The van der Waals surface area contributed by atoms with Crippen LogP contribution in [0.1, 0.15) is 26.7 Å². The summed E-state index contributed by atoms with van der Waals surface area (Å²) in [4.78, 5) is 33.8.